The van der Waals surface area contributed by atoms with Gasteiger partial charge in [0.05, 0.1) is 0 Å². The van der Waals surface area contributed by atoms with Gasteiger partial charge in [-0.15, -0.1) is 0 Å². The standard InChI is InChI=1S/C16H23NO2/c1-12-7-9-17(10-8-12)16(18)14(3)19-15-6-4-5-13(2)11-15/h4-6,11-12,14H,7-10H2,1-3H3/t14-/m0/s1. The van der Waals surface area contributed by atoms with Crippen LogP contribution in [0.1, 0.15) is 32.3 Å². The van der Waals surface area contributed by atoms with Gasteiger partial charge in [0.2, 0.25) is 0 Å². The van der Waals surface area contributed by atoms with Gasteiger partial charge in [-0.25, -0.2) is 0 Å². The van der Waals surface area contributed by atoms with Gasteiger partial charge in [0.25, 0.3) is 5.91 Å². The zero-order valence-corrected chi connectivity index (χ0v) is 12.1. The first-order valence-corrected chi connectivity index (χ1v) is 7.08. The van der Waals surface area contributed by atoms with Crippen LogP contribution in [0.25, 0.3) is 0 Å². The van der Waals surface area contributed by atoms with Crippen molar-refractivity contribution < 1.29 is 9.53 Å². The summed E-state index contributed by atoms with van der Waals surface area (Å²) < 4.78 is 5.75. The van der Waals surface area contributed by atoms with E-state index in [4.69, 9.17) is 4.74 Å². The average Bonchev–Trinajstić information content (AvgIpc) is 2.39. The van der Waals surface area contributed by atoms with Crippen LogP contribution in [0.15, 0.2) is 24.3 Å². The van der Waals surface area contributed by atoms with Crippen molar-refractivity contribution in [3.63, 3.8) is 0 Å². The number of carbonyl (C=O) groups is 1. The van der Waals surface area contributed by atoms with E-state index in [9.17, 15) is 4.79 Å². The molecule has 104 valence electrons. The molecule has 1 amide bonds. The topological polar surface area (TPSA) is 29.5 Å². The molecule has 19 heavy (non-hydrogen) atoms. The van der Waals surface area contributed by atoms with E-state index in [1.165, 1.54) is 0 Å². The van der Waals surface area contributed by atoms with Crippen LogP contribution in [0.5, 0.6) is 5.75 Å². The Bertz CT molecular complexity index is 436. The molecule has 0 spiro atoms. The highest BCUT2D eigenvalue weighted by atomic mass is 16.5. The lowest BCUT2D eigenvalue weighted by molar-refractivity contribution is -0.139. The molecule has 3 nitrogen and oxygen atoms in total. The normalized spacial score (nSPS) is 18.2. The number of hydrogen-bond acceptors (Lipinski definition) is 2. The van der Waals surface area contributed by atoms with Crippen molar-refractivity contribution in [2.75, 3.05) is 13.1 Å². The van der Waals surface area contributed by atoms with E-state index in [-0.39, 0.29) is 5.91 Å². The number of rotatable bonds is 3. The highest BCUT2D eigenvalue weighted by Gasteiger charge is 2.25. The van der Waals surface area contributed by atoms with Crippen LogP contribution in [0.2, 0.25) is 0 Å². The summed E-state index contributed by atoms with van der Waals surface area (Å²) >= 11 is 0. The molecule has 1 aromatic carbocycles. The molecule has 1 fully saturated rings. The van der Waals surface area contributed by atoms with Crippen LogP contribution in [0.4, 0.5) is 0 Å². The summed E-state index contributed by atoms with van der Waals surface area (Å²) in [6, 6.07) is 7.83. The lowest BCUT2D eigenvalue weighted by Gasteiger charge is -2.32. The summed E-state index contributed by atoms with van der Waals surface area (Å²) in [5, 5.41) is 0. The molecule has 0 aliphatic carbocycles. The van der Waals surface area contributed by atoms with E-state index in [2.05, 4.69) is 6.92 Å². The van der Waals surface area contributed by atoms with Gasteiger partial charge in [-0.2, -0.15) is 0 Å². The molecule has 0 radical (unpaired) electrons. The lowest BCUT2D eigenvalue weighted by atomic mass is 9.99. The zero-order valence-electron chi connectivity index (χ0n) is 12.1. The Labute approximate surface area is 115 Å². The SMILES string of the molecule is Cc1cccc(O[C@@H](C)C(=O)N2CCC(C)CC2)c1. The Morgan fingerprint density at radius 3 is 2.68 bits per heavy atom. The van der Waals surface area contributed by atoms with E-state index in [0.717, 1.165) is 43.2 Å². The van der Waals surface area contributed by atoms with Gasteiger partial charge in [-0.3, -0.25) is 4.79 Å². The molecule has 2 rings (SSSR count). The van der Waals surface area contributed by atoms with E-state index in [1.807, 2.05) is 43.0 Å². The van der Waals surface area contributed by atoms with Gasteiger partial charge >= 0.3 is 0 Å². The number of hydrogen-bond donors (Lipinski definition) is 0. The van der Waals surface area contributed by atoms with Crippen molar-refractivity contribution in [1.29, 1.82) is 0 Å². The maximum Gasteiger partial charge on any atom is 0.263 e. The van der Waals surface area contributed by atoms with E-state index in [0.29, 0.717) is 0 Å². The number of piperidine rings is 1. The molecule has 1 aliphatic heterocycles. The van der Waals surface area contributed by atoms with Crippen LogP contribution in [0, 0.1) is 12.8 Å². The first-order valence-electron chi connectivity index (χ1n) is 7.08. The largest absolute Gasteiger partial charge is 0.481 e. The summed E-state index contributed by atoms with van der Waals surface area (Å²) in [6.45, 7) is 7.82. The number of likely N-dealkylation sites (tertiary alicyclic amines) is 1. The quantitative estimate of drug-likeness (QED) is 0.837. The fourth-order valence-electron chi connectivity index (χ4n) is 2.43. The third-order valence-corrected chi connectivity index (χ3v) is 3.75. The van der Waals surface area contributed by atoms with E-state index in [1.54, 1.807) is 0 Å². The molecule has 1 aromatic rings. The average molecular weight is 261 g/mol. The molecule has 1 saturated heterocycles. The van der Waals surface area contributed by atoms with Crippen LogP contribution < -0.4 is 4.74 Å². The first kappa shape index (κ1) is 13.9. The molecule has 1 aliphatic rings. The Balaban J connectivity index is 1.92. The molecule has 1 heterocycles. The minimum atomic E-state index is -0.407. The van der Waals surface area contributed by atoms with Crippen LogP contribution in [0.3, 0.4) is 0 Å². The van der Waals surface area contributed by atoms with Gasteiger partial charge in [-0.05, 0) is 50.3 Å². The fraction of sp³-hybridized carbons (Fsp3) is 0.562. The second-order valence-electron chi connectivity index (χ2n) is 5.58. The smallest absolute Gasteiger partial charge is 0.263 e. The number of amides is 1. The lowest BCUT2D eigenvalue weighted by Crippen LogP contribution is -2.44. The summed E-state index contributed by atoms with van der Waals surface area (Å²) in [6.07, 6.45) is 1.79. The number of nitrogens with zero attached hydrogens (tertiary/aromatic N) is 1. The molecular weight excluding hydrogens is 238 g/mol. The second-order valence-corrected chi connectivity index (χ2v) is 5.58. The van der Waals surface area contributed by atoms with Gasteiger partial charge in [0.1, 0.15) is 5.75 Å². The molecule has 0 aromatic heterocycles. The monoisotopic (exact) mass is 261 g/mol. The van der Waals surface area contributed by atoms with Crippen LogP contribution in [-0.2, 0) is 4.79 Å². The predicted molar refractivity (Wildman–Crippen MR) is 76.2 cm³/mol. The first-order chi connectivity index (χ1) is 9.06. The van der Waals surface area contributed by atoms with E-state index >= 15 is 0 Å². The molecule has 0 N–H and O–H groups in total. The number of ether oxygens (including phenoxy) is 1. The summed E-state index contributed by atoms with van der Waals surface area (Å²) in [5.74, 6) is 1.61. The summed E-state index contributed by atoms with van der Waals surface area (Å²) in [4.78, 5) is 14.2. The number of carbonyl (C=O) groups excluding carboxylic acids is 1. The predicted octanol–water partition coefficient (Wildman–Crippen LogP) is 3.02. The highest BCUT2D eigenvalue weighted by molar-refractivity contribution is 5.81. The van der Waals surface area contributed by atoms with E-state index < -0.39 is 6.10 Å². The Kier molecular flexibility index (Phi) is 4.46. The summed E-state index contributed by atoms with van der Waals surface area (Å²) in [5.41, 5.74) is 1.14. The van der Waals surface area contributed by atoms with Crippen LogP contribution in [-0.4, -0.2) is 30.0 Å². The van der Waals surface area contributed by atoms with Crippen molar-refractivity contribution in [3.05, 3.63) is 29.8 Å². The van der Waals surface area contributed by atoms with Crippen molar-refractivity contribution in [3.8, 4) is 5.75 Å². The molecular formula is C16H23NO2. The Morgan fingerprint density at radius 1 is 1.37 bits per heavy atom. The maximum atomic E-state index is 12.3. The third-order valence-electron chi connectivity index (χ3n) is 3.75. The van der Waals surface area contributed by atoms with Crippen molar-refractivity contribution in [2.45, 2.75) is 39.7 Å². The summed E-state index contributed by atoms with van der Waals surface area (Å²) in [7, 11) is 0. The Morgan fingerprint density at radius 2 is 2.05 bits per heavy atom. The zero-order chi connectivity index (χ0) is 13.8. The number of aryl methyl sites for hydroxylation is 1. The molecule has 1 atom stereocenters. The van der Waals surface area contributed by atoms with Crippen molar-refractivity contribution in [1.82, 2.24) is 4.90 Å². The minimum absolute atomic E-state index is 0.105. The molecule has 0 unspecified atom stereocenters. The maximum absolute atomic E-state index is 12.3. The third kappa shape index (κ3) is 3.72. The van der Waals surface area contributed by atoms with Crippen LogP contribution >= 0.6 is 0 Å². The van der Waals surface area contributed by atoms with Crippen molar-refractivity contribution >= 4 is 5.91 Å². The second kappa shape index (κ2) is 6.09. The fourth-order valence-corrected chi connectivity index (χ4v) is 2.43. The molecule has 0 saturated carbocycles. The van der Waals surface area contributed by atoms with Gasteiger partial charge in [-0.1, -0.05) is 19.1 Å². The van der Waals surface area contributed by atoms with Gasteiger partial charge in [0.15, 0.2) is 6.10 Å². The highest BCUT2D eigenvalue weighted by Crippen LogP contribution is 2.19. The van der Waals surface area contributed by atoms with Gasteiger partial charge < -0.3 is 9.64 Å². The number of benzene rings is 1. The van der Waals surface area contributed by atoms with Gasteiger partial charge in [0, 0.05) is 13.1 Å². The molecule has 3 heteroatoms. The molecule has 0 bridgehead atoms. The Hall–Kier alpha value is -1.51. The van der Waals surface area contributed by atoms with Crippen molar-refractivity contribution in [2.24, 2.45) is 5.92 Å². The minimum Gasteiger partial charge on any atom is -0.481 e.